The zero-order valence-corrected chi connectivity index (χ0v) is 14.6. The minimum Gasteiger partial charge on any atom is -0.481 e. The fourth-order valence-corrected chi connectivity index (χ4v) is 3.64. The van der Waals surface area contributed by atoms with Crippen molar-refractivity contribution in [2.45, 2.75) is 31.7 Å². The van der Waals surface area contributed by atoms with Crippen LogP contribution in [0.2, 0.25) is 0 Å². The highest BCUT2D eigenvalue weighted by atomic mass is 79.9. The van der Waals surface area contributed by atoms with Crippen molar-refractivity contribution in [3.05, 3.63) is 34.3 Å². The van der Waals surface area contributed by atoms with Crippen molar-refractivity contribution < 1.29 is 14.7 Å². The molecule has 124 valence electrons. The lowest BCUT2D eigenvalue weighted by molar-refractivity contribution is -0.143. The number of hydrogen-bond donors (Lipinski definition) is 2. The van der Waals surface area contributed by atoms with E-state index >= 15 is 0 Å². The molecule has 1 aliphatic heterocycles. The molecule has 1 heterocycles. The number of aliphatic carboxylic acids is 1. The number of carboxylic acids is 1. The summed E-state index contributed by atoms with van der Waals surface area (Å²) in [6.45, 7) is 2.93. The zero-order valence-electron chi connectivity index (χ0n) is 13.0. The summed E-state index contributed by atoms with van der Waals surface area (Å²) in [6.07, 6.45) is 1.59. The zero-order chi connectivity index (χ0) is 16.6. The van der Waals surface area contributed by atoms with E-state index in [-0.39, 0.29) is 18.0 Å². The fraction of sp³-hybridized carbons (Fsp3) is 0.529. The normalized spacial score (nSPS) is 29.9. The van der Waals surface area contributed by atoms with Crippen LogP contribution >= 0.6 is 15.9 Å². The van der Waals surface area contributed by atoms with Crippen LogP contribution < -0.4 is 5.32 Å². The molecule has 0 bridgehead atoms. The largest absolute Gasteiger partial charge is 0.481 e. The Balaban J connectivity index is 1.55. The van der Waals surface area contributed by atoms with Gasteiger partial charge in [-0.3, -0.25) is 4.79 Å². The number of piperidine rings is 1. The van der Waals surface area contributed by atoms with Crippen LogP contribution in [0, 0.1) is 11.8 Å². The van der Waals surface area contributed by atoms with E-state index in [0.29, 0.717) is 25.4 Å². The smallest absolute Gasteiger partial charge is 0.317 e. The first-order valence-corrected chi connectivity index (χ1v) is 8.77. The van der Waals surface area contributed by atoms with Crippen LogP contribution in [0.25, 0.3) is 0 Å². The van der Waals surface area contributed by atoms with Gasteiger partial charge in [-0.2, -0.15) is 0 Å². The van der Waals surface area contributed by atoms with E-state index in [1.165, 1.54) is 5.56 Å². The van der Waals surface area contributed by atoms with Gasteiger partial charge in [0.2, 0.25) is 0 Å². The molecule has 0 spiro atoms. The number of nitrogens with one attached hydrogen (secondary N) is 1. The summed E-state index contributed by atoms with van der Waals surface area (Å²) >= 11 is 3.42. The number of carboxylic acid groups (broad SMARTS) is 1. The Morgan fingerprint density at radius 2 is 1.91 bits per heavy atom. The van der Waals surface area contributed by atoms with E-state index in [1.54, 1.807) is 4.90 Å². The molecule has 2 aliphatic rings. The maximum Gasteiger partial charge on any atom is 0.317 e. The third-order valence-corrected chi connectivity index (χ3v) is 5.22. The maximum atomic E-state index is 12.4. The van der Waals surface area contributed by atoms with Crippen LogP contribution in [-0.2, 0) is 4.79 Å². The summed E-state index contributed by atoms with van der Waals surface area (Å²) in [5.74, 6) is -0.680. The first-order valence-electron chi connectivity index (χ1n) is 7.97. The van der Waals surface area contributed by atoms with E-state index in [2.05, 4.69) is 33.4 Å². The second-order valence-electron chi connectivity index (χ2n) is 6.73. The summed E-state index contributed by atoms with van der Waals surface area (Å²) in [5.41, 5.74) is 1.23. The number of amides is 2. The lowest BCUT2D eigenvalue weighted by Crippen LogP contribution is -2.50. The van der Waals surface area contributed by atoms with Gasteiger partial charge < -0.3 is 15.3 Å². The molecule has 1 saturated carbocycles. The highest BCUT2D eigenvalue weighted by molar-refractivity contribution is 9.10. The molecule has 0 radical (unpaired) electrons. The van der Waals surface area contributed by atoms with Crippen molar-refractivity contribution in [3.8, 4) is 0 Å². The molecule has 5 nitrogen and oxygen atoms in total. The summed E-state index contributed by atoms with van der Waals surface area (Å²) in [7, 11) is 0. The number of nitrogens with zero attached hydrogens (tertiary/aromatic N) is 1. The SMILES string of the molecule is CC1CC(C(=O)O)CN(C(=O)N[C@@H]2C[C@H]2c2ccc(Br)cc2)C1. The molecule has 2 N–H and O–H groups in total. The van der Waals surface area contributed by atoms with Crippen LogP contribution in [0.5, 0.6) is 0 Å². The number of urea groups is 1. The number of likely N-dealkylation sites (tertiary alicyclic amines) is 1. The minimum absolute atomic E-state index is 0.132. The second kappa shape index (κ2) is 6.51. The molecule has 2 fully saturated rings. The number of carbonyl (C=O) groups excluding carboxylic acids is 1. The molecule has 2 unspecified atom stereocenters. The van der Waals surface area contributed by atoms with Gasteiger partial charge in [-0.1, -0.05) is 35.0 Å². The molecule has 23 heavy (non-hydrogen) atoms. The van der Waals surface area contributed by atoms with Crippen LogP contribution in [0.15, 0.2) is 28.7 Å². The van der Waals surface area contributed by atoms with Crippen molar-refractivity contribution in [3.63, 3.8) is 0 Å². The van der Waals surface area contributed by atoms with Crippen molar-refractivity contribution in [2.24, 2.45) is 11.8 Å². The predicted molar refractivity (Wildman–Crippen MR) is 90.3 cm³/mol. The Bertz CT molecular complexity index is 604. The van der Waals surface area contributed by atoms with Gasteiger partial charge in [-0.15, -0.1) is 0 Å². The van der Waals surface area contributed by atoms with Gasteiger partial charge in [0.25, 0.3) is 0 Å². The van der Waals surface area contributed by atoms with Crippen LogP contribution in [0.1, 0.15) is 31.2 Å². The van der Waals surface area contributed by atoms with Crippen molar-refractivity contribution in [1.29, 1.82) is 0 Å². The Morgan fingerprint density at radius 1 is 1.22 bits per heavy atom. The summed E-state index contributed by atoms with van der Waals surface area (Å²) < 4.78 is 1.05. The average Bonchev–Trinajstić information content (AvgIpc) is 3.26. The number of rotatable bonds is 3. The van der Waals surface area contributed by atoms with Gasteiger partial charge in [0.1, 0.15) is 0 Å². The first kappa shape index (κ1) is 16.3. The molecule has 2 amide bonds. The van der Waals surface area contributed by atoms with Gasteiger partial charge in [0, 0.05) is 29.5 Å². The number of carbonyl (C=O) groups is 2. The Morgan fingerprint density at radius 3 is 2.57 bits per heavy atom. The van der Waals surface area contributed by atoms with E-state index in [9.17, 15) is 14.7 Å². The van der Waals surface area contributed by atoms with E-state index in [1.807, 2.05) is 19.1 Å². The van der Waals surface area contributed by atoms with Crippen molar-refractivity contribution in [1.82, 2.24) is 10.2 Å². The monoisotopic (exact) mass is 380 g/mol. The molecular formula is C17H21BrN2O3. The first-order chi connectivity index (χ1) is 10.9. The molecule has 1 aromatic carbocycles. The van der Waals surface area contributed by atoms with E-state index < -0.39 is 11.9 Å². The quantitative estimate of drug-likeness (QED) is 0.846. The van der Waals surface area contributed by atoms with Crippen molar-refractivity contribution in [2.75, 3.05) is 13.1 Å². The molecule has 1 saturated heterocycles. The number of benzene rings is 1. The topological polar surface area (TPSA) is 69.6 Å². The van der Waals surface area contributed by atoms with Gasteiger partial charge in [0.05, 0.1) is 5.92 Å². The van der Waals surface area contributed by atoms with Gasteiger partial charge in [-0.25, -0.2) is 4.79 Å². The average molecular weight is 381 g/mol. The molecular weight excluding hydrogens is 360 g/mol. The molecule has 0 aromatic heterocycles. The molecule has 1 aromatic rings. The van der Waals surface area contributed by atoms with E-state index in [0.717, 1.165) is 10.9 Å². The molecule has 3 rings (SSSR count). The minimum atomic E-state index is -0.812. The Hall–Kier alpha value is -1.56. The Kier molecular flexibility index (Phi) is 4.62. The third-order valence-electron chi connectivity index (χ3n) is 4.69. The predicted octanol–water partition coefficient (Wildman–Crippen LogP) is 3.06. The fourth-order valence-electron chi connectivity index (χ4n) is 3.38. The van der Waals surface area contributed by atoms with Crippen molar-refractivity contribution >= 4 is 27.9 Å². The molecule has 6 heteroatoms. The highest BCUT2D eigenvalue weighted by Crippen LogP contribution is 2.41. The molecule has 1 aliphatic carbocycles. The van der Waals surface area contributed by atoms with Crippen LogP contribution in [-0.4, -0.2) is 41.1 Å². The maximum absolute atomic E-state index is 12.4. The van der Waals surface area contributed by atoms with Gasteiger partial charge in [-0.05, 0) is 36.5 Å². The Labute approximate surface area is 144 Å². The van der Waals surface area contributed by atoms with Crippen LogP contribution in [0.3, 0.4) is 0 Å². The summed E-state index contributed by atoms with van der Waals surface area (Å²) in [5, 5.41) is 12.2. The summed E-state index contributed by atoms with van der Waals surface area (Å²) in [6, 6.07) is 8.19. The summed E-state index contributed by atoms with van der Waals surface area (Å²) in [4.78, 5) is 25.3. The number of halogens is 1. The van der Waals surface area contributed by atoms with Gasteiger partial charge >= 0.3 is 12.0 Å². The molecule has 4 atom stereocenters. The van der Waals surface area contributed by atoms with E-state index in [4.69, 9.17) is 0 Å². The highest BCUT2D eigenvalue weighted by Gasteiger charge is 2.41. The van der Waals surface area contributed by atoms with Crippen LogP contribution in [0.4, 0.5) is 4.79 Å². The third kappa shape index (κ3) is 3.86. The second-order valence-corrected chi connectivity index (χ2v) is 7.65. The number of hydrogen-bond acceptors (Lipinski definition) is 2. The lowest BCUT2D eigenvalue weighted by Gasteiger charge is -2.34. The van der Waals surface area contributed by atoms with Gasteiger partial charge in [0.15, 0.2) is 0 Å². The lowest BCUT2D eigenvalue weighted by atomic mass is 9.91. The standard InChI is InChI=1S/C17H21BrN2O3/c1-10-6-12(16(21)22)9-20(8-10)17(23)19-15-7-14(15)11-2-4-13(18)5-3-11/h2-5,10,12,14-15H,6-9H2,1H3,(H,19,23)(H,21,22)/t10?,12?,14-,15+/m0/s1.